The van der Waals surface area contributed by atoms with E-state index in [1.165, 1.54) is 23.9 Å². The summed E-state index contributed by atoms with van der Waals surface area (Å²) in [6.45, 7) is 1.79. The summed E-state index contributed by atoms with van der Waals surface area (Å²) in [6, 6.07) is 16.1. The standard InChI is InChI=1S/C19H21FN2O2/c1-15(10-11-16-6-3-2-4-7-16)22-19(23)14-24-21-13-17-8-5-9-18(20)12-17/h2-9,12-13,15H,10-11,14H2,1H3,(H,22,23)/b21-13-/t15-/m0/s1. The Hall–Kier alpha value is -2.69. The summed E-state index contributed by atoms with van der Waals surface area (Å²) in [7, 11) is 0. The first-order valence-corrected chi connectivity index (χ1v) is 7.87. The Balaban J connectivity index is 1.65. The Morgan fingerprint density at radius 2 is 2.04 bits per heavy atom. The molecule has 0 aromatic heterocycles. The summed E-state index contributed by atoms with van der Waals surface area (Å²) in [5.41, 5.74) is 1.82. The van der Waals surface area contributed by atoms with E-state index in [1.807, 2.05) is 25.1 Å². The molecule has 0 bridgehead atoms. The van der Waals surface area contributed by atoms with Crippen molar-refractivity contribution in [2.45, 2.75) is 25.8 Å². The number of rotatable bonds is 8. The van der Waals surface area contributed by atoms with Crippen LogP contribution in [0.5, 0.6) is 0 Å². The van der Waals surface area contributed by atoms with Crippen LogP contribution in [0.25, 0.3) is 0 Å². The zero-order valence-corrected chi connectivity index (χ0v) is 13.6. The summed E-state index contributed by atoms with van der Waals surface area (Å²) >= 11 is 0. The van der Waals surface area contributed by atoms with E-state index in [1.54, 1.807) is 12.1 Å². The summed E-state index contributed by atoms with van der Waals surface area (Å²) in [6.07, 6.45) is 3.12. The van der Waals surface area contributed by atoms with Gasteiger partial charge in [-0.25, -0.2) is 4.39 Å². The number of hydrogen-bond donors (Lipinski definition) is 1. The zero-order chi connectivity index (χ0) is 17.2. The third-order valence-electron chi connectivity index (χ3n) is 3.44. The molecule has 0 aliphatic heterocycles. The van der Waals surface area contributed by atoms with Crippen LogP contribution in [-0.2, 0) is 16.1 Å². The van der Waals surface area contributed by atoms with E-state index in [2.05, 4.69) is 22.6 Å². The molecule has 1 atom stereocenters. The molecule has 4 nitrogen and oxygen atoms in total. The third-order valence-corrected chi connectivity index (χ3v) is 3.44. The van der Waals surface area contributed by atoms with Gasteiger partial charge in [0.05, 0.1) is 6.21 Å². The molecular formula is C19H21FN2O2. The van der Waals surface area contributed by atoms with Gasteiger partial charge in [-0.1, -0.05) is 47.6 Å². The number of benzene rings is 2. The third kappa shape index (κ3) is 6.60. The Morgan fingerprint density at radius 1 is 1.25 bits per heavy atom. The van der Waals surface area contributed by atoms with E-state index >= 15 is 0 Å². The molecule has 0 radical (unpaired) electrons. The van der Waals surface area contributed by atoms with E-state index < -0.39 is 0 Å². The number of carbonyl (C=O) groups excluding carboxylic acids is 1. The fraction of sp³-hybridized carbons (Fsp3) is 0.263. The number of nitrogens with one attached hydrogen (secondary N) is 1. The van der Waals surface area contributed by atoms with E-state index in [9.17, 15) is 9.18 Å². The molecule has 2 rings (SSSR count). The van der Waals surface area contributed by atoms with Gasteiger partial charge in [0.2, 0.25) is 0 Å². The Kier molecular flexibility index (Phi) is 6.95. The topological polar surface area (TPSA) is 50.7 Å². The maximum absolute atomic E-state index is 13.0. The predicted molar refractivity (Wildman–Crippen MR) is 92.3 cm³/mol. The zero-order valence-electron chi connectivity index (χ0n) is 13.6. The van der Waals surface area contributed by atoms with E-state index in [0.717, 1.165) is 12.8 Å². The van der Waals surface area contributed by atoms with Crippen LogP contribution in [0, 0.1) is 5.82 Å². The van der Waals surface area contributed by atoms with Crippen molar-refractivity contribution in [3.8, 4) is 0 Å². The molecule has 126 valence electrons. The molecule has 1 N–H and O–H groups in total. The van der Waals surface area contributed by atoms with Crippen molar-refractivity contribution in [1.29, 1.82) is 0 Å². The van der Waals surface area contributed by atoms with E-state index in [0.29, 0.717) is 5.56 Å². The van der Waals surface area contributed by atoms with Crippen molar-refractivity contribution >= 4 is 12.1 Å². The van der Waals surface area contributed by atoms with Gasteiger partial charge < -0.3 is 10.2 Å². The average molecular weight is 328 g/mol. The second-order valence-corrected chi connectivity index (χ2v) is 5.56. The van der Waals surface area contributed by atoms with Gasteiger partial charge in [-0.05, 0) is 43.0 Å². The normalized spacial score (nSPS) is 12.1. The highest BCUT2D eigenvalue weighted by atomic mass is 19.1. The van der Waals surface area contributed by atoms with Crippen LogP contribution in [-0.4, -0.2) is 24.8 Å². The molecule has 0 aliphatic rings. The number of amides is 1. The largest absolute Gasteiger partial charge is 0.386 e. The van der Waals surface area contributed by atoms with Gasteiger partial charge in [0.25, 0.3) is 5.91 Å². The maximum atomic E-state index is 13.0. The number of oxime groups is 1. The van der Waals surface area contributed by atoms with Gasteiger partial charge in [-0.3, -0.25) is 4.79 Å². The highest BCUT2D eigenvalue weighted by molar-refractivity contribution is 5.79. The predicted octanol–water partition coefficient (Wildman–Crippen LogP) is 3.31. The number of aryl methyl sites for hydroxylation is 1. The van der Waals surface area contributed by atoms with Crippen LogP contribution in [0.15, 0.2) is 59.8 Å². The van der Waals surface area contributed by atoms with Crippen LogP contribution in [0.4, 0.5) is 4.39 Å². The van der Waals surface area contributed by atoms with Crippen LogP contribution in [0.1, 0.15) is 24.5 Å². The minimum absolute atomic E-state index is 0.0495. The molecule has 0 spiro atoms. The number of carbonyl (C=O) groups is 1. The molecule has 2 aromatic rings. The Bertz CT molecular complexity index is 674. The quantitative estimate of drug-likeness (QED) is 0.597. The lowest BCUT2D eigenvalue weighted by Crippen LogP contribution is -2.35. The van der Waals surface area contributed by atoms with Crippen molar-refractivity contribution in [2.75, 3.05) is 6.61 Å². The van der Waals surface area contributed by atoms with Crippen molar-refractivity contribution in [3.63, 3.8) is 0 Å². The number of hydrogen-bond acceptors (Lipinski definition) is 3. The highest BCUT2D eigenvalue weighted by Crippen LogP contribution is 2.04. The summed E-state index contributed by atoms with van der Waals surface area (Å²) in [4.78, 5) is 16.7. The molecule has 0 fully saturated rings. The maximum Gasteiger partial charge on any atom is 0.260 e. The molecule has 24 heavy (non-hydrogen) atoms. The molecule has 0 unspecified atom stereocenters. The smallest absolute Gasteiger partial charge is 0.260 e. The van der Waals surface area contributed by atoms with Gasteiger partial charge >= 0.3 is 0 Å². The molecule has 0 saturated heterocycles. The van der Waals surface area contributed by atoms with Gasteiger partial charge in [0, 0.05) is 6.04 Å². The van der Waals surface area contributed by atoms with Crippen molar-refractivity contribution in [3.05, 3.63) is 71.5 Å². The summed E-state index contributed by atoms with van der Waals surface area (Å²) < 4.78 is 13.0. The minimum atomic E-state index is -0.344. The SMILES string of the molecule is C[C@@H](CCc1ccccc1)NC(=O)CO/N=C\c1cccc(F)c1. The molecule has 0 saturated carbocycles. The van der Waals surface area contributed by atoms with Gasteiger partial charge in [-0.15, -0.1) is 0 Å². The Morgan fingerprint density at radius 3 is 2.79 bits per heavy atom. The average Bonchev–Trinajstić information content (AvgIpc) is 2.58. The first-order valence-electron chi connectivity index (χ1n) is 7.87. The van der Waals surface area contributed by atoms with Crippen LogP contribution >= 0.6 is 0 Å². The minimum Gasteiger partial charge on any atom is -0.386 e. The molecule has 5 heteroatoms. The van der Waals surface area contributed by atoms with Crippen LogP contribution in [0.2, 0.25) is 0 Å². The molecule has 2 aromatic carbocycles. The lowest BCUT2D eigenvalue weighted by Gasteiger charge is -2.13. The van der Waals surface area contributed by atoms with Gasteiger partial charge in [-0.2, -0.15) is 0 Å². The van der Waals surface area contributed by atoms with Gasteiger partial charge in [0.15, 0.2) is 6.61 Å². The van der Waals surface area contributed by atoms with Crippen molar-refractivity contribution in [1.82, 2.24) is 5.32 Å². The van der Waals surface area contributed by atoms with Crippen LogP contribution < -0.4 is 5.32 Å². The second-order valence-electron chi connectivity index (χ2n) is 5.56. The molecule has 0 aliphatic carbocycles. The van der Waals surface area contributed by atoms with Crippen LogP contribution in [0.3, 0.4) is 0 Å². The number of nitrogens with zero attached hydrogens (tertiary/aromatic N) is 1. The first kappa shape index (κ1) is 17.7. The second kappa shape index (κ2) is 9.45. The van der Waals surface area contributed by atoms with E-state index in [-0.39, 0.29) is 24.4 Å². The summed E-state index contributed by atoms with van der Waals surface area (Å²) in [5.74, 6) is -0.573. The summed E-state index contributed by atoms with van der Waals surface area (Å²) in [5, 5.41) is 6.53. The number of halogens is 1. The van der Waals surface area contributed by atoms with Crippen molar-refractivity contribution in [2.24, 2.45) is 5.16 Å². The lowest BCUT2D eigenvalue weighted by molar-refractivity contribution is -0.126. The highest BCUT2D eigenvalue weighted by Gasteiger charge is 2.07. The Labute approximate surface area is 141 Å². The van der Waals surface area contributed by atoms with Crippen molar-refractivity contribution < 1.29 is 14.0 Å². The lowest BCUT2D eigenvalue weighted by atomic mass is 10.1. The fourth-order valence-corrected chi connectivity index (χ4v) is 2.20. The van der Waals surface area contributed by atoms with E-state index in [4.69, 9.17) is 4.84 Å². The fourth-order valence-electron chi connectivity index (χ4n) is 2.20. The first-order chi connectivity index (χ1) is 11.6. The monoisotopic (exact) mass is 328 g/mol. The molecule has 1 amide bonds. The molecular weight excluding hydrogens is 307 g/mol. The molecule has 0 heterocycles. The van der Waals surface area contributed by atoms with Gasteiger partial charge in [0.1, 0.15) is 5.82 Å².